The van der Waals surface area contributed by atoms with E-state index in [1.165, 1.54) is 31.4 Å². The molecular formula is C34H52N4O8. The number of ether oxygens (including phenoxy) is 3. The van der Waals surface area contributed by atoms with Crippen LogP contribution in [-0.4, -0.2) is 119 Å². The third-order valence-electron chi connectivity index (χ3n) is 8.16. The Hall–Kier alpha value is -3.00. The highest BCUT2D eigenvalue weighted by molar-refractivity contribution is 5.85. The number of aliphatic hydroxyl groups excluding tert-OH is 1. The van der Waals surface area contributed by atoms with E-state index in [0.717, 1.165) is 32.1 Å². The van der Waals surface area contributed by atoms with Gasteiger partial charge >= 0.3 is 11.9 Å². The monoisotopic (exact) mass is 644 g/mol. The Kier molecular flexibility index (Phi) is 17.7. The van der Waals surface area contributed by atoms with Crippen LogP contribution in [0.3, 0.4) is 0 Å². The van der Waals surface area contributed by atoms with Crippen molar-refractivity contribution >= 4 is 11.9 Å². The maximum absolute atomic E-state index is 11.5. The summed E-state index contributed by atoms with van der Waals surface area (Å²) >= 11 is 0. The molecule has 1 saturated carbocycles. The summed E-state index contributed by atoms with van der Waals surface area (Å²) in [6, 6.07) is 9.97. The smallest absolute Gasteiger partial charge is 0.354 e. The van der Waals surface area contributed by atoms with E-state index in [0.29, 0.717) is 83.3 Å². The van der Waals surface area contributed by atoms with Crippen molar-refractivity contribution in [3.63, 3.8) is 0 Å². The summed E-state index contributed by atoms with van der Waals surface area (Å²) in [7, 11) is 0. The minimum absolute atomic E-state index is 0.0108. The predicted molar refractivity (Wildman–Crippen MR) is 173 cm³/mol. The van der Waals surface area contributed by atoms with Crippen LogP contribution in [0.15, 0.2) is 36.4 Å². The van der Waals surface area contributed by atoms with Crippen LogP contribution in [0.25, 0.3) is 0 Å². The number of carboxylic acid groups (broad SMARTS) is 2. The van der Waals surface area contributed by atoms with E-state index < -0.39 is 11.9 Å². The van der Waals surface area contributed by atoms with Crippen LogP contribution < -0.4 is 0 Å². The van der Waals surface area contributed by atoms with Gasteiger partial charge in [0.25, 0.3) is 0 Å². The molecule has 2 aromatic rings. The van der Waals surface area contributed by atoms with Crippen molar-refractivity contribution in [2.45, 2.75) is 77.0 Å². The first kappa shape index (κ1) is 37.5. The molecule has 1 atom stereocenters. The molecule has 3 rings (SSSR count). The lowest BCUT2D eigenvalue weighted by Crippen LogP contribution is -2.35. The summed E-state index contributed by atoms with van der Waals surface area (Å²) in [5.41, 5.74) is 1.42. The lowest BCUT2D eigenvalue weighted by Gasteiger charge is -2.31. The second kappa shape index (κ2) is 21.7. The minimum Gasteiger partial charge on any atom is -0.477 e. The van der Waals surface area contributed by atoms with E-state index >= 15 is 0 Å². The molecule has 0 spiro atoms. The minimum atomic E-state index is -1.06. The molecule has 1 fully saturated rings. The quantitative estimate of drug-likeness (QED) is 0.140. The number of carbonyl (C=O) groups is 2. The number of pyridine rings is 2. The van der Waals surface area contributed by atoms with E-state index in [1.54, 1.807) is 12.1 Å². The number of carboxylic acids is 2. The third kappa shape index (κ3) is 13.8. The first-order valence-corrected chi connectivity index (χ1v) is 16.6. The molecule has 12 heteroatoms. The molecule has 0 amide bonds. The largest absolute Gasteiger partial charge is 0.477 e. The Balaban J connectivity index is 1.44. The standard InChI is InChI=1S/C34H52N4O8/c1-2-3-15-32(29-12-8-14-31(36-29)34(42)43)38(16-20-39)19-22-45-25-24-44-21-17-37(18-23-46-28-10-5-4-6-11-28)26-27-9-7-13-30(35-27)33(40)41/h7-9,12-14,28,32,39H,2-6,10-11,15-26H2,1H3,(H,40,41)(H,42,43). The van der Waals surface area contributed by atoms with Crippen molar-refractivity contribution in [3.8, 4) is 0 Å². The normalized spacial score (nSPS) is 14.6. The zero-order valence-electron chi connectivity index (χ0n) is 27.2. The van der Waals surface area contributed by atoms with Gasteiger partial charge in [-0.05, 0) is 43.5 Å². The first-order valence-electron chi connectivity index (χ1n) is 16.6. The van der Waals surface area contributed by atoms with Crippen molar-refractivity contribution in [3.05, 3.63) is 59.2 Å². The van der Waals surface area contributed by atoms with Crippen molar-refractivity contribution in [2.75, 3.05) is 65.8 Å². The Morgan fingerprint density at radius 1 is 0.848 bits per heavy atom. The fourth-order valence-corrected chi connectivity index (χ4v) is 5.69. The number of hydrogen-bond acceptors (Lipinski definition) is 10. The number of aliphatic hydroxyl groups is 1. The molecule has 0 aromatic carbocycles. The number of aromatic carboxylic acids is 2. The molecular weight excluding hydrogens is 592 g/mol. The number of rotatable bonds is 24. The van der Waals surface area contributed by atoms with Gasteiger partial charge in [0.1, 0.15) is 11.4 Å². The van der Waals surface area contributed by atoms with E-state index in [9.17, 15) is 24.9 Å². The summed E-state index contributed by atoms with van der Waals surface area (Å²) in [5, 5.41) is 28.5. The average Bonchev–Trinajstić information content (AvgIpc) is 3.06. The average molecular weight is 645 g/mol. The lowest BCUT2D eigenvalue weighted by molar-refractivity contribution is 0.00338. The zero-order valence-corrected chi connectivity index (χ0v) is 27.2. The molecule has 1 aliphatic carbocycles. The molecule has 0 bridgehead atoms. The highest BCUT2D eigenvalue weighted by Gasteiger charge is 2.22. The lowest BCUT2D eigenvalue weighted by atomic mass is 9.98. The van der Waals surface area contributed by atoms with Gasteiger partial charge in [0.05, 0.1) is 63.2 Å². The molecule has 46 heavy (non-hydrogen) atoms. The van der Waals surface area contributed by atoms with Gasteiger partial charge in [-0.2, -0.15) is 0 Å². The number of nitrogens with zero attached hydrogens (tertiary/aromatic N) is 4. The summed E-state index contributed by atoms with van der Waals surface area (Å²) in [5.74, 6) is -2.11. The van der Waals surface area contributed by atoms with Crippen molar-refractivity contribution in [1.29, 1.82) is 0 Å². The fraction of sp³-hybridized carbons (Fsp3) is 0.647. The molecule has 2 heterocycles. The van der Waals surface area contributed by atoms with Gasteiger partial charge in [-0.1, -0.05) is 51.2 Å². The summed E-state index contributed by atoms with van der Waals surface area (Å²) in [6.45, 7) is 7.24. The molecule has 0 saturated heterocycles. The van der Waals surface area contributed by atoms with Crippen LogP contribution in [0.5, 0.6) is 0 Å². The topological polar surface area (TPSA) is 155 Å². The second-order valence-electron chi connectivity index (χ2n) is 11.6. The van der Waals surface area contributed by atoms with Crippen molar-refractivity contribution in [2.24, 2.45) is 0 Å². The van der Waals surface area contributed by atoms with Crippen LogP contribution in [-0.2, 0) is 20.8 Å². The molecule has 1 aliphatic rings. The van der Waals surface area contributed by atoms with Crippen LogP contribution >= 0.6 is 0 Å². The first-order chi connectivity index (χ1) is 22.4. The molecule has 0 radical (unpaired) electrons. The van der Waals surface area contributed by atoms with Gasteiger partial charge in [0.15, 0.2) is 0 Å². The van der Waals surface area contributed by atoms with Crippen LogP contribution in [0.1, 0.15) is 96.7 Å². The Bertz CT molecular complexity index is 1160. The molecule has 12 nitrogen and oxygen atoms in total. The van der Waals surface area contributed by atoms with Gasteiger partial charge in [-0.15, -0.1) is 0 Å². The SMILES string of the molecule is CCCCC(c1cccc(C(=O)O)n1)N(CCO)CCOCCOCCN(CCOC1CCCCC1)Cc1cccc(C(=O)O)n1. The maximum Gasteiger partial charge on any atom is 0.354 e. The van der Waals surface area contributed by atoms with Gasteiger partial charge in [0.2, 0.25) is 0 Å². The zero-order chi connectivity index (χ0) is 33.0. The van der Waals surface area contributed by atoms with E-state index in [2.05, 4.69) is 26.7 Å². The maximum atomic E-state index is 11.5. The predicted octanol–water partition coefficient (Wildman–Crippen LogP) is 4.28. The van der Waals surface area contributed by atoms with Gasteiger partial charge in [0, 0.05) is 32.7 Å². The number of unbranched alkanes of at least 4 members (excludes halogenated alkanes) is 1. The molecule has 256 valence electrons. The molecule has 2 aromatic heterocycles. The highest BCUT2D eigenvalue weighted by Crippen LogP contribution is 2.25. The van der Waals surface area contributed by atoms with Crippen LogP contribution in [0.4, 0.5) is 0 Å². The molecule has 0 aliphatic heterocycles. The Morgan fingerprint density at radius 3 is 2.17 bits per heavy atom. The van der Waals surface area contributed by atoms with Crippen molar-refractivity contribution < 1.29 is 39.1 Å². The third-order valence-corrected chi connectivity index (χ3v) is 8.16. The van der Waals surface area contributed by atoms with E-state index in [1.807, 2.05) is 12.1 Å². The fourth-order valence-electron chi connectivity index (χ4n) is 5.69. The van der Waals surface area contributed by atoms with Crippen molar-refractivity contribution in [1.82, 2.24) is 19.8 Å². The van der Waals surface area contributed by atoms with Crippen LogP contribution in [0.2, 0.25) is 0 Å². The number of aromatic nitrogens is 2. The van der Waals surface area contributed by atoms with E-state index in [4.69, 9.17) is 14.2 Å². The highest BCUT2D eigenvalue weighted by atomic mass is 16.5. The molecule has 1 unspecified atom stereocenters. The Morgan fingerprint density at radius 2 is 1.50 bits per heavy atom. The number of hydrogen-bond donors (Lipinski definition) is 3. The van der Waals surface area contributed by atoms with E-state index in [-0.39, 0.29) is 24.0 Å². The van der Waals surface area contributed by atoms with Gasteiger partial charge in [-0.25, -0.2) is 19.6 Å². The van der Waals surface area contributed by atoms with Gasteiger partial charge < -0.3 is 29.5 Å². The summed E-state index contributed by atoms with van der Waals surface area (Å²) in [4.78, 5) is 35.8. The van der Waals surface area contributed by atoms with Crippen LogP contribution in [0, 0.1) is 0 Å². The summed E-state index contributed by atoms with van der Waals surface area (Å²) < 4.78 is 17.9. The second-order valence-corrected chi connectivity index (χ2v) is 11.6. The molecule has 3 N–H and O–H groups in total. The Labute approximate surface area is 272 Å². The van der Waals surface area contributed by atoms with Gasteiger partial charge in [-0.3, -0.25) is 9.80 Å². The summed E-state index contributed by atoms with van der Waals surface area (Å²) in [6.07, 6.45) is 8.98.